The van der Waals surface area contributed by atoms with Crippen LogP contribution in [0.2, 0.25) is 0 Å². The minimum Gasteiger partial charge on any atom is -0.507 e. The Morgan fingerprint density at radius 2 is 2.04 bits per heavy atom. The van der Waals surface area contributed by atoms with Gasteiger partial charge in [0.05, 0.1) is 33.7 Å². The third-order valence-electron chi connectivity index (χ3n) is 3.37. The maximum atomic E-state index is 12.1. The number of nitrogens with zero attached hydrogens (tertiary/aromatic N) is 3. The number of phenolic OH excluding ortho intramolecular Hbond substituents is 1. The van der Waals surface area contributed by atoms with E-state index in [0.29, 0.717) is 16.3 Å². The van der Waals surface area contributed by atoms with Gasteiger partial charge in [-0.25, -0.2) is 4.98 Å². The molecule has 8 heteroatoms. The molecular formula is C16H10N4O2S2. The van der Waals surface area contributed by atoms with Crippen LogP contribution in [0.5, 0.6) is 5.75 Å². The summed E-state index contributed by atoms with van der Waals surface area (Å²) in [5.74, 6) is -0.230. The quantitative estimate of drug-likeness (QED) is 0.547. The molecule has 0 radical (unpaired) electrons. The number of fused-ring (bicyclic) bond motifs is 1. The lowest BCUT2D eigenvalue weighted by atomic mass is 10.2. The Bertz CT molecular complexity index is 995. The van der Waals surface area contributed by atoms with Crippen molar-refractivity contribution in [2.75, 3.05) is 5.32 Å². The third-order valence-corrected chi connectivity index (χ3v) is 4.92. The van der Waals surface area contributed by atoms with Gasteiger partial charge in [0.2, 0.25) is 0 Å². The number of para-hydroxylation sites is 1. The molecular weight excluding hydrogens is 344 g/mol. The van der Waals surface area contributed by atoms with Gasteiger partial charge in [0.1, 0.15) is 10.8 Å². The first-order valence-electron chi connectivity index (χ1n) is 6.98. The maximum Gasteiger partial charge on any atom is 0.277 e. The molecule has 2 aromatic carbocycles. The molecule has 0 aliphatic carbocycles. The number of carbonyl (C=O) groups excluding carboxylic acids is 1. The number of rotatable bonds is 3. The molecule has 0 aliphatic rings. The van der Waals surface area contributed by atoms with Gasteiger partial charge in [-0.3, -0.25) is 4.79 Å². The van der Waals surface area contributed by atoms with Crippen molar-refractivity contribution in [1.29, 1.82) is 0 Å². The summed E-state index contributed by atoms with van der Waals surface area (Å²) in [6, 6.07) is 12.6. The lowest BCUT2D eigenvalue weighted by molar-refractivity contribution is 0.102. The highest BCUT2D eigenvalue weighted by atomic mass is 32.1. The fourth-order valence-corrected chi connectivity index (χ4v) is 3.64. The van der Waals surface area contributed by atoms with E-state index in [4.69, 9.17) is 0 Å². The van der Waals surface area contributed by atoms with E-state index in [1.54, 1.807) is 12.1 Å². The third kappa shape index (κ3) is 2.72. The first kappa shape index (κ1) is 14.7. The fourth-order valence-electron chi connectivity index (χ4n) is 2.23. The highest BCUT2D eigenvalue weighted by Crippen LogP contribution is 2.36. The Balaban J connectivity index is 1.69. The van der Waals surface area contributed by atoms with E-state index >= 15 is 0 Å². The predicted octanol–water partition coefficient (Wildman–Crippen LogP) is 3.77. The van der Waals surface area contributed by atoms with Crippen molar-refractivity contribution in [3.05, 3.63) is 54.4 Å². The highest BCUT2D eigenvalue weighted by molar-refractivity contribution is 7.21. The van der Waals surface area contributed by atoms with E-state index in [1.165, 1.54) is 23.6 Å². The number of aromatic nitrogens is 3. The van der Waals surface area contributed by atoms with Gasteiger partial charge < -0.3 is 10.4 Å². The zero-order chi connectivity index (χ0) is 16.5. The van der Waals surface area contributed by atoms with Gasteiger partial charge in [0, 0.05) is 5.69 Å². The summed E-state index contributed by atoms with van der Waals surface area (Å²) >= 11 is 2.46. The molecule has 0 unspecified atom stereocenters. The van der Waals surface area contributed by atoms with Gasteiger partial charge in [0.25, 0.3) is 5.91 Å². The van der Waals surface area contributed by atoms with Crippen LogP contribution in [0.15, 0.2) is 48.7 Å². The molecule has 2 heterocycles. The van der Waals surface area contributed by atoms with E-state index < -0.39 is 0 Å². The normalized spacial score (nSPS) is 10.8. The number of hydrogen-bond acceptors (Lipinski definition) is 7. The molecule has 4 aromatic rings. The number of amides is 1. The molecule has 0 saturated heterocycles. The summed E-state index contributed by atoms with van der Waals surface area (Å²) in [5.41, 5.74) is 2.26. The zero-order valence-electron chi connectivity index (χ0n) is 12.1. The average Bonchev–Trinajstić information content (AvgIpc) is 3.25. The molecule has 2 aromatic heterocycles. The first-order valence-corrected chi connectivity index (χ1v) is 8.53. The number of nitrogens with one attached hydrogen (secondary N) is 1. The molecule has 0 bridgehead atoms. The van der Waals surface area contributed by atoms with Gasteiger partial charge >= 0.3 is 0 Å². The van der Waals surface area contributed by atoms with Crippen molar-refractivity contribution >= 4 is 44.9 Å². The molecule has 4 rings (SSSR count). The number of carbonyl (C=O) groups is 1. The minimum atomic E-state index is -0.343. The predicted molar refractivity (Wildman–Crippen MR) is 94.6 cm³/mol. The van der Waals surface area contributed by atoms with Crippen LogP contribution in [0.3, 0.4) is 0 Å². The highest BCUT2D eigenvalue weighted by Gasteiger charge is 2.14. The van der Waals surface area contributed by atoms with Crippen LogP contribution in [0.1, 0.15) is 10.5 Å². The van der Waals surface area contributed by atoms with Crippen molar-refractivity contribution in [2.45, 2.75) is 0 Å². The maximum absolute atomic E-state index is 12.1. The molecule has 6 nitrogen and oxygen atoms in total. The Morgan fingerprint density at radius 1 is 1.17 bits per heavy atom. The van der Waals surface area contributed by atoms with Crippen LogP contribution in [0, 0.1) is 0 Å². The largest absolute Gasteiger partial charge is 0.507 e. The number of thiazole rings is 1. The van der Waals surface area contributed by atoms with E-state index in [1.807, 2.05) is 24.3 Å². The van der Waals surface area contributed by atoms with Crippen molar-refractivity contribution < 1.29 is 9.90 Å². The standard InChI is InChI=1S/C16H10N4O2S2/c21-13-6-5-9(18-15(22)12-8-17-24-20-12)7-10(13)16-19-11-3-1-2-4-14(11)23-16/h1-8,21H,(H,18,22). The summed E-state index contributed by atoms with van der Waals surface area (Å²) in [4.78, 5) is 16.6. The summed E-state index contributed by atoms with van der Waals surface area (Å²) in [6.07, 6.45) is 1.41. The van der Waals surface area contributed by atoms with E-state index in [-0.39, 0.29) is 17.4 Å². The van der Waals surface area contributed by atoms with E-state index in [0.717, 1.165) is 21.9 Å². The van der Waals surface area contributed by atoms with Crippen LogP contribution < -0.4 is 5.32 Å². The van der Waals surface area contributed by atoms with Crippen molar-refractivity contribution in [2.24, 2.45) is 0 Å². The van der Waals surface area contributed by atoms with Crippen LogP contribution in [0.4, 0.5) is 5.69 Å². The molecule has 0 saturated carbocycles. The molecule has 0 atom stereocenters. The monoisotopic (exact) mass is 354 g/mol. The fraction of sp³-hybridized carbons (Fsp3) is 0. The first-order chi connectivity index (χ1) is 11.7. The van der Waals surface area contributed by atoms with E-state index in [2.05, 4.69) is 19.0 Å². The lowest BCUT2D eigenvalue weighted by Crippen LogP contribution is -2.12. The van der Waals surface area contributed by atoms with Crippen molar-refractivity contribution in [1.82, 2.24) is 13.7 Å². The molecule has 0 fully saturated rings. The Morgan fingerprint density at radius 3 is 2.83 bits per heavy atom. The SMILES string of the molecule is O=C(Nc1ccc(O)c(-c2nc3ccccc3s2)c1)c1cnsn1. The van der Waals surface area contributed by atoms with Gasteiger partial charge in [-0.05, 0) is 30.3 Å². The summed E-state index contributed by atoms with van der Waals surface area (Å²) in [7, 11) is 0. The van der Waals surface area contributed by atoms with Gasteiger partial charge in [-0.1, -0.05) is 12.1 Å². The summed E-state index contributed by atoms with van der Waals surface area (Å²) in [5, 5.41) is 13.6. The second-order valence-electron chi connectivity index (χ2n) is 4.97. The van der Waals surface area contributed by atoms with Crippen LogP contribution >= 0.6 is 23.1 Å². The molecule has 2 N–H and O–H groups in total. The van der Waals surface area contributed by atoms with Gasteiger partial charge in [-0.2, -0.15) is 8.75 Å². The zero-order valence-corrected chi connectivity index (χ0v) is 13.8. The molecule has 118 valence electrons. The van der Waals surface area contributed by atoms with E-state index in [9.17, 15) is 9.90 Å². The van der Waals surface area contributed by atoms with Crippen molar-refractivity contribution in [3.8, 4) is 16.3 Å². The Hall–Kier alpha value is -2.84. The van der Waals surface area contributed by atoms with Crippen LogP contribution in [-0.2, 0) is 0 Å². The topological polar surface area (TPSA) is 88.0 Å². The Labute approximate surface area is 144 Å². The number of anilines is 1. The van der Waals surface area contributed by atoms with Gasteiger partial charge in [0.15, 0.2) is 5.69 Å². The van der Waals surface area contributed by atoms with Gasteiger partial charge in [-0.15, -0.1) is 11.3 Å². The number of benzene rings is 2. The molecule has 24 heavy (non-hydrogen) atoms. The lowest BCUT2D eigenvalue weighted by Gasteiger charge is -2.06. The second kappa shape index (κ2) is 5.99. The number of hydrogen-bond donors (Lipinski definition) is 2. The molecule has 1 amide bonds. The molecule has 0 spiro atoms. The number of phenols is 1. The summed E-state index contributed by atoms with van der Waals surface area (Å²) in [6.45, 7) is 0. The Kier molecular flexibility index (Phi) is 3.68. The van der Waals surface area contributed by atoms with Crippen LogP contribution in [-0.4, -0.2) is 24.7 Å². The smallest absolute Gasteiger partial charge is 0.277 e. The van der Waals surface area contributed by atoms with Crippen LogP contribution in [0.25, 0.3) is 20.8 Å². The average molecular weight is 354 g/mol. The summed E-state index contributed by atoms with van der Waals surface area (Å²) < 4.78 is 8.74. The van der Waals surface area contributed by atoms with Crippen molar-refractivity contribution in [3.63, 3.8) is 0 Å². The number of aromatic hydroxyl groups is 1. The minimum absolute atomic E-state index is 0.113. The second-order valence-corrected chi connectivity index (χ2v) is 6.55. The molecule has 0 aliphatic heterocycles.